The average molecular weight is 228 g/mol. The Balaban J connectivity index is 5.36. The van der Waals surface area contributed by atoms with Gasteiger partial charge < -0.3 is 9.47 Å². The molecule has 0 heterocycles. The standard InChI is InChI=1S/C11H16O5/c1-5-6-11(7-8(2)12,9(13)15-3)10(14)16-4/h5H,1,6-7H2,2-4H3. The van der Waals surface area contributed by atoms with Gasteiger partial charge in [0.15, 0.2) is 5.41 Å². The monoisotopic (exact) mass is 228 g/mol. The Hall–Kier alpha value is -1.65. The minimum absolute atomic E-state index is 0.00588. The number of rotatable bonds is 6. The molecule has 0 aromatic heterocycles. The largest absolute Gasteiger partial charge is 0.468 e. The molecule has 0 rings (SSSR count). The normalized spacial score (nSPS) is 10.4. The predicted molar refractivity (Wildman–Crippen MR) is 56.6 cm³/mol. The zero-order valence-corrected chi connectivity index (χ0v) is 9.74. The lowest BCUT2D eigenvalue weighted by atomic mass is 9.80. The number of allylic oxidation sites excluding steroid dienone is 1. The minimum Gasteiger partial charge on any atom is -0.468 e. The smallest absolute Gasteiger partial charge is 0.323 e. The number of hydrogen-bond donors (Lipinski definition) is 0. The third-order valence-corrected chi connectivity index (χ3v) is 2.20. The van der Waals surface area contributed by atoms with E-state index in [1.165, 1.54) is 13.0 Å². The van der Waals surface area contributed by atoms with E-state index >= 15 is 0 Å². The number of ether oxygens (including phenoxy) is 2. The fourth-order valence-corrected chi connectivity index (χ4v) is 1.53. The van der Waals surface area contributed by atoms with Crippen LogP contribution in [0.4, 0.5) is 0 Å². The Morgan fingerprint density at radius 1 is 1.19 bits per heavy atom. The first kappa shape index (κ1) is 14.3. The van der Waals surface area contributed by atoms with Gasteiger partial charge in [-0.25, -0.2) is 0 Å². The molecule has 0 atom stereocenters. The van der Waals surface area contributed by atoms with E-state index in [2.05, 4.69) is 16.1 Å². The van der Waals surface area contributed by atoms with Crippen LogP contribution in [-0.4, -0.2) is 31.9 Å². The molecule has 0 N–H and O–H groups in total. The third-order valence-electron chi connectivity index (χ3n) is 2.20. The Bertz CT molecular complexity index is 289. The van der Waals surface area contributed by atoms with Crippen LogP contribution >= 0.6 is 0 Å². The molecule has 0 saturated heterocycles. The van der Waals surface area contributed by atoms with Crippen molar-refractivity contribution in [2.75, 3.05) is 14.2 Å². The molecule has 16 heavy (non-hydrogen) atoms. The molecule has 0 unspecified atom stereocenters. The van der Waals surface area contributed by atoms with Gasteiger partial charge in [0, 0.05) is 6.42 Å². The van der Waals surface area contributed by atoms with Gasteiger partial charge in [-0.3, -0.25) is 14.4 Å². The fraction of sp³-hybridized carbons (Fsp3) is 0.545. The second kappa shape index (κ2) is 6.05. The lowest BCUT2D eigenvalue weighted by molar-refractivity contribution is -0.170. The van der Waals surface area contributed by atoms with Crippen molar-refractivity contribution in [2.24, 2.45) is 5.41 Å². The van der Waals surface area contributed by atoms with E-state index in [1.807, 2.05) is 0 Å². The molecular formula is C11H16O5. The minimum atomic E-state index is -1.60. The first-order chi connectivity index (χ1) is 7.44. The number of hydrogen-bond acceptors (Lipinski definition) is 5. The van der Waals surface area contributed by atoms with Crippen molar-refractivity contribution in [1.82, 2.24) is 0 Å². The molecule has 90 valence electrons. The number of ketones is 1. The average Bonchev–Trinajstić information content (AvgIpc) is 2.25. The summed E-state index contributed by atoms with van der Waals surface area (Å²) in [6.45, 7) is 4.75. The van der Waals surface area contributed by atoms with Crippen molar-refractivity contribution in [3.8, 4) is 0 Å². The zero-order chi connectivity index (χ0) is 12.8. The quantitative estimate of drug-likeness (QED) is 0.383. The maximum absolute atomic E-state index is 11.6. The van der Waals surface area contributed by atoms with Crippen LogP contribution in [-0.2, 0) is 23.9 Å². The summed E-state index contributed by atoms with van der Waals surface area (Å²) in [4.78, 5) is 34.4. The molecule has 5 heteroatoms. The molecule has 0 fully saturated rings. The van der Waals surface area contributed by atoms with Gasteiger partial charge in [-0.2, -0.15) is 0 Å². The van der Waals surface area contributed by atoms with Crippen molar-refractivity contribution < 1.29 is 23.9 Å². The molecule has 0 aromatic rings. The van der Waals surface area contributed by atoms with E-state index in [0.717, 1.165) is 14.2 Å². The maximum Gasteiger partial charge on any atom is 0.323 e. The van der Waals surface area contributed by atoms with Gasteiger partial charge in [-0.1, -0.05) is 6.08 Å². The van der Waals surface area contributed by atoms with E-state index < -0.39 is 17.4 Å². The number of carbonyl (C=O) groups excluding carboxylic acids is 3. The third kappa shape index (κ3) is 2.92. The second-order valence-corrected chi connectivity index (χ2v) is 3.44. The van der Waals surface area contributed by atoms with Crippen LogP contribution in [0.1, 0.15) is 19.8 Å². The SMILES string of the molecule is C=CCC(CC(C)=O)(C(=O)OC)C(=O)OC. The summed E-state index contributed by atoms with van der Waals surface area (Å²) in [5.41, 5.74) is -1.60. The molecule has 0 bridgehead atoms. The van der Waals surface area contributed by atoms with E-state index in [0.29, 0.717) is 0 Å². The summed E-state index contributed by atoms with van der Waals surface area (Å²) in [6, 6.07) is 0. The van der Waals surface area contributed by atoms with Gasteiger partial charge in [0.05, 0.1) is 14.2 Å². The van der Waals surface area contributed by atoms with Crippen molar-refractivity contribution in [1.29, 1.82) is 0 Å². The molecule has 0 saturated carbocycles. The van der Waals surface area contributed by atoms with Crippen LogP contribution in [0, 0.1) is 5.41 Å². The molecule has 0 aliphatic rings. The second-order valence-electron chi connectivity index (χ2n) is 3.44. The number of Topliss-reactive ketones (excluding diaryl/α,β-unsaturated/α-hetero) is 1. The van der Waals surface area contributed by atoms with E-state index in [4.69, 9.17) is 0 Å². The van der Waals surface area contributed by atoms with Gasteiger partial charge in [-0.15, -0.1) is 6.58 Å². The maximum atomic E-state index is 11.6. The Kier molecular flexibility index (Phi) is 5.42. The van der Waals surface area contributed by atoms with Gasteiger partial charge in [0.2, 0.25) is 0 Å². The summed E-state index contributed by atoms with van der Waals surface area (Å²) in [6.07, 6.45) is 1.14. The Labute approximate surface area is 94.4 Å². The van der Waals surface area contributed by atoms with Crippen LogP contribution < -0.4 is 0 Å². The summed E-state index contributed by atoms with van der Waals surface area (Å²) >= 11 is 0. The summed E-state index contributed by atoms with van der Waals surface area (Å²) < 4.78 is 9.10. The summed E-state index contributed by atoms with van der Waals surface area (Å²) in [7, 11) is 2.31. The number of methoxy groups -OCH3 is 2. The van der Waals surface area contributed by atoms with Gasteiger partial charge in [0.1, 0.15) is 5.78 Å². The number of carbonyl (C=O) groups is 3. The molecule has 0 aromatic carbocycles. The lowest BCUT2D eigenvalue weighted by Gasteiger charge is -2.25. The van der Waals surface area contributed by atoms with Crippen LogP contribution in [0.3, 0.4) is 0 Å². The topological polar surface area (TPSA) is 69.7 Å². The van der Waals surface area contributed by atoms with Crippen molar-refractivity contribution >= 4 is 17.7 Å². The van der Waals surface area contributed by atoms with E-state index in [1.54, 1.807) is 0 Å². The van der Waals surface area contributed by atoms with Crippen LogP contribution in [0.5, 0.6) is 0 Å². The summed E-state index contributed by atoms with van der Waals surface area (Å²) in [5, 5.41) is 0. The van der Waals surface area contributed by atoms with Gasteiger partial charge in [0.25, 0.3) is 0 Å². The molecule has 0 aliphatic heterocycles. The van der Waals surface area contributed by atoms with Gasteiger partial charge >= 0.3 is 11.9 Å². The highest BCUT2D eigenvalue weighted by Gasteiger charge is 2.48. The van der Waals surface area contributed by atoms with Crippen LogP contribution in [0.25, 0.3) is 0 Å². The highest BCUT2D eigenvalue weighted by Crippen LogP contribution is 2.31. The highest BCUT2D eigenvalue weighted by atomic mass is 16.5. The van der Waals surface area contributed by atoms with Crippen LogP contribution in [0.15, 0.2) is 12.7 Å². The predicted octanol–water partition coefficient (Wildman–Crippen LogP) is 0.874. The van der Waals surface area contributed by atoms with Crippen molar-refractivity contribution in [3.05, 3.63) is 12.7 Å². The first-order valence-corrected chi connectivity index (χ1v) is 4.71. The van der Waals surface area contributed by atoms with E-state index in [-0.39, 0.29) is 18.6 Å². The zero-order valence-electron chi connectivity index (χ0n) is 9.74. The molecule has 5 nitrogen and oxygen atoms in total. The van der Waals surface area contributed by atoms with Gasteiger partial charge in [-0.05, 0) is 13.3 Å². The molecular weight excluding hydrogens is 212 g/mol. The molecule has 0 aliphatic carbocycles. The van der Waals surface area contributed by atoms with Crippen LogP contribution in [0.2, 0.25) is 0 Å². The van der Waals surface area contributed by atoms with Crippen molar-refractivity contribution in [3.63, 3.8) is 0 Å². The molecule has 0 amide bonds. The Morgan fingerprint density at radius 2 is 1.62 bits per heavy atom. The lowest BCUT2D eigenvalue weighted by Crippen LogP contribution is -2.42. The van der Waals surface area contributed by atoms with E-state index in [9.17, 15) is 14.4 Å². The Morgan fingerprint density at radius 3 is 1.88 bits per heavy atom. The first-order valence-electron chi connectivity index (χ1n) is 4.71. The fourth-order valence-electron chi connectivity index (χ4n) is 1.53. The summed E-state index contributed by atoms with van der Waals surface area (Å²) in [5.74, 6) is -1.86. The molecule has 0 radical (unpaired) electrons. The number of esters is 2. The van der Waals surface area contributed by atoms with Crippen molar-refractivity contribution in [2.45, 2.75) is 19.8 Å². The highest BCUT2D eigenvalue weighted by molar-refractivity contribution is 6.03. The molecule has 0 spiro atoms.